The lowest BCUT2D eigenvalue weighted by molar-refractivity contribution is 0.238. The van der Waals surface area contributed by atoms with Crippen LogP contribution in [-0.4, -0.2) is 15.0 Å². The van der Waals surface area contributed by atoms with E-state index in [-0.39, 0.29) is 11.5 Å². The predicted octanol–water partition coefficient (Wildman–Crippen LogP) is 3.92. The SMILES string of the molecule is CCCCC(CC)COS(=O)(=O)c1cccc(C)c1. The van der Waals surface area contributed by atoms with E-state index in [4.69, 9.17) is 4.18 Å². The fraction of sp³-hybridized carbons (Fsp3) is 0.600. The highest BCUT2D eigenvalue weighted by atomic mass is 32.2. The van der Waals surface area contributed by atoms with Gasteiger partial charge in [-0.05, 0) is 37.0 Å². The minimum Gasteiger partial charge on any atom is -0.266 e. The zero-order valence-corrected chi connectivity index (χ0v) is 12.9. The van der Waals surface area contributed by atoms with Gasteiger partial charge in [-0.3, -0.25) is 4.18 Å². The topological polar surface area (TPSA) is 43.4 Å². The zero-order chi connectivity index (χ0) is 14.3. The van der Waals surface area contributed by atoms with E-state index in [9.17, 15) is 8.42 Å². The van der Waals surface area contributed by atoms with Crippen LogP contribution in [0.15, 0.2) is 29.2 Å². The lowest BCUT2D eigenvalue weighted by Crippen LogP contribution is -2.14. The van der Waals surface area contributed by atoms with E-state index in [1.54, 1.807) is 18.2 Å². The average molecular weight is 284 g/mol. The molecule has 0 aliphatic heterocycles. The van der Waals surface area contributed by atoms with Crippen LogP contribution in [0.2, 0.25) is 0 Å². The Labute approximate surface area is 117 Å². The molecule has 1 atom stereocenters. The van der Waals surface area contributed by atoms with Crippen LogP contribution in [0.5, 0.6) is 0 Å². The summed E-state index contributed by atoms with van der Waals surface area (Å²) in [6.07, 6.45) is 4.22. The summed E-state index contributed by atoms with van der Waals surface area (Å²) in [5.74, 6) is 0.319. The van der Waals surface area contributed by atoms with Crippen LogP contribution >= 0.6 is 0 Å². The summed E-state index contributed by atoms with van der Waals surface area (Å²) in [5.41, 5.74) is 0.919. The highest BCUT2D eigenvalue weighted by Gasteiger charge is 2.17. The molecule has 0 fully saturated rings. The second kappa shape index (κ2) is 7.65. The first-order valence-corrected chi connectivity index (χ1v) is 8.36. The quantitative estimate of drug-likeness (QED) is 0.680. The van der Waals surface area contributed by atoms with E-state index in [0.717, 1.165) is 31.2 Å². The maximum absolute atomic E-state index is 12.1. The summed E-state index contributed by atoms with van der Waals surface area (Å²) < 4.78 is 29.3. The molecule has 0 radical (unpaired) electrons. The molecule has 1 aromatic carbocycles. The molecular weight excluding hydrogens is 260 g/mol. The van der Waals surface area contributed by atoms with Gasteiger partial charge in [0.25, 0.3) is 10.1 Å². The van der Waals surface area contributed by atoms with Gasteiger partial charge in [-0.2, -0.15) is 8.42 Å². The van der Waals surface area contributed by atoms with Crippen molar-refractivity contribution in [2.45, 2.75) is 51.3 Å². The third-order valence-corrected chi connectivity index (χ3v) is 4.56. The fourth-order valence-corrected chi connectivity index (χ4v) is 3.01. The fourth-order valence-electron chi connectivity index (χ4n) is 1.92. The Hall–Kier alpha value is -0.870. The Morgan fingerprint density at radius 2 is 2.00 bits per heavy atom. The molecule has 0 amide bonds. The zero-order valence-electron chi connectivity index (χ0n) is 12.1. The molecule has 0 aromatic heterocycles. The van der Waals surface area contributed by atoms with Crippen LogP contribution in [0.3, 0.4) is 0 Å². The van der Waals surface area contributed by atoms with Gasteiger partial charge in [0.05, 0.1) is 11.5 Å². The molecule has 108 valence electrons. The Kier molecular flexibility index (Phi) is 6.52. The summed E-state index contributed by atoms with van der Waals surface area (Å²) in [6, 6.07) is 6.83. The molecule has 0 spiro atoms. The minimum absolute atomic E-state index is 0.248. The molecule has 1 unspecified atom stereocenters. The first-order chi connectivity index (χ1) is 8.99. The molecule has 0 bridgehead atoms. The Balaban J connectivity index is 2.64. The molecule has 0 aliphatic carbocycles. The number of aryl methyl sites for hydroxylation is 1. The monoisotopic (exact) mass is 284 g/mol. The van der Waals surface area contributed by atoms with Crippen LogP contribution in [0.25, 0.3) is 0 Å². The van der Waals surface area contributed by atoms with Crippen molar-refractivity contribution in [3.05, 3.63) is 29.8 Å². The summed E-state index contributed by atoms with van der Waals surface area (Å²) in [5, 5.41) is 0. The van der Waals surface area contributed by atoms with Gasteiger partial charge in [-0.1, -0.05) is 45.2 Å². The average Bonchev–Trinajstić information content (AvgIpc) is 2.39. The van der Waals surface area contributed by atoms with Gasteiger partial charge >= 0.3 is 0 Å². The van der Waals surface area contributed by atoms with Gasteiger partial charge < -0.3 is 0 Å². The van der Waals surface area contributed by atoms with Crippen LogP contribution in [0.1, 0.15) is 45.1 Å². The normalized spacial score (nSPS) is 13.4. The minimum atomic E-state index is -3.61. The molecule has 4 heteroatoms. The molecule has 19 heavy (non-hydrogen) atoms. The van der Waals surface area contributed by atoms with Crippen LogP contribution in [0.4, 0.5) is 0 Å². The first kappa shape index (κ1) is 16.2. The van der Waals surface area contributed by atoms with Crippen molar-refractivity contribution in [3.8, 4) is 0 Å². The molecule has 1 rings (SSSR count). The summed E-state index contributed by atoms with van der Waals surface area (Å²) >= 11 is 0. The molecule has 0 heterocycles. The third-order valence-electron chi connectivity index (χ3n) is 3.28. The van der Waals surface area contributed by atoms with E-state index in [0.29, 0.717) is 5.92 Å². The van der Waals surface area contributed by atoms with E-state index >= 15 is 0 Å². The molecule has 0 saturated carbocycles. The Bertz CT molecular complexity index is 480. The molecule has 0 saturated heterocycles. The van der Waals surface area contributed by atoms with Gasteiger partial charge in [0.15, 0.2) is 0 Å². The number of hydrogen-bond donors (Lipinski definition) is 0. The van der Waals surface area contributed by atoms with Crippen molar-refractivity contribution >= 4 is 10.1 Å². The highest BCUT2D eigenvalue weighted by Crippen LogP contribution is 2.18. The second-order valence-electron chi connectivity index (χ2n) is 4.97. The maximum atomic E-state index is 12.1. The molecular formula is C15H24O3S. The Morgan fingerprint density at radius 3 is 2.58 bits per heavy atom. The van der Waals surface area contributed by atoms with Gasteiger partial charge in [-0.25, -0.2) is 0 Å². The third kappa shape index (κ3) is 5.33. The van der Waals surface area contributed by atoms with E-state index in [1.807, 2.05) is 13.0 Å². The molecule has 3 nitrogen and oxygen atoms in total. The number of benzene rings is 1. The lowest BCUT2D eigenvalue weighted by atomic mass is 10.0. The summed E-state index contributed by atoms with van der Waals surface area (Å²) in [7, 11) is -3.61. The van der Waals surface area contributed by atoms with Crippen molar-refractivity contribution in [1.29, 1.82) is 0 Å². The smallest absolute Gasteiger partial charge is 0.266 e. The predicted molar refractivity (Wildman–Crippen MR) is 77.6 cm³/mol. The van der Waals surface area contributed by atoms with Crippen LogP contribution in [0, 0.1) is 12.8 Å². The van der Waals surface area contributed by atoms with Crippen molar-refractivity contribution in [1.82, 2.24) is 0 Å². The van der Waals surface area contributed by atoms with Gasteiger partial charge in [0.2, 0.25) is 0 Å². The van der Waals surface area contributed by atoms with E-state index < -0.39 is 10.1 Å². The van der Waals surface area contributed by atoms with E-state index in [1.165, 1.54) is 0 Å². The summed E-state index contributed by atoms with van der Waals surface area (Å²) in [4.78, 5) is 0.248. The van der Waals surface area contributed by atoms with E-state index in [2.05, 4.69) is 13.8 Å². The van der Waals surface area contributed by atoms with Crippen LogP contribution < -0.4 is 0 Å². The van der Waals surface area contributed by atoms with Crippen molar-refractivity contribution in [2.75, 3.05) is 6.61 Å². The maximum Gasteiger partial charge on any atom is 0.296 e. The number of unbranched alkanes of at least 4 members (excludes halogenated alkanes) is 1. The molecule has 1 aromatic rings. The lowest BCUT2D eigenvalue weighted by Gasteiger charge is -2.14. The number of hydrogen-bond acceptors (Lipinski definition) is 3. The van der Waals surface area contributed by atoms with Gasteiger partial charge in [-0.15, -0.1) is 0 Å². The number of rotatable bonds is 8. The van der Waals surface area contributed by atoms with Crippen molar-refractivity contribution in [2.24, 2.45) is 5.92 Å². The van der Waals surface area contributed by atoms with Crippen molar-refractivity contribution < 1.29 is 12.6 Å². The van der Waals surface area contributed by atoms with Crippen LogP contribution in [-0.2, 0) is 14.3 Å². The largest absolute Gasteiger partial charge is 0.296 e. The highest BCUT2D eigenvalue weighted by molar-refractivity contribution is 7.86. The molecule has 0 N–H and O–H groups in total. The second-order valence-corrected chi connectivity index (χ2v) is 6.59. The first-order valence-electron chi connectivity index (χ1n) is 6.95. The molecule has 0 aliphatic rings. The summed E-state index contributed by atoms with van der Waals surface area (Å²) in [6.45, 7) is 6.36. The van der Waals surface area contributed by atoms with Gasteiger partial charge in [0.1, 0.15) is 0 Å². The Morgan fingerprint density at radius 1 is 1.26 bits per heavy atom. The van der Waals surface area contributed by atoms with Gasteiger partial charge in [0, 0.05) is 0 Å². The van der Waals surface area contributed by atoms with Crippen molar-refractivity contribution in [3.63, 3.8) is 0 Å². The standard InChI is InChI=1S/C15H24O3S/c1-4-6-9-14(5-2)12-18-19(16,17)15-10-7-8-13(3)11-15/h7-8,10-11,14H,4-6,9,12H2,1-3H3.